The minimum Gasteiger partial charge on any atom is -0.479 e. The van der Waals surface area contributed by atoms with Gasteiger partial charge in [-0.2, -0.15) is 0 Å². The van der Waals surface area contributed by atoms with E-state index in [0.29, 0.717) is 0 Å². The third kappa shape index (κ3) is 4.80. The van der Waals surface area contributed by atoms with E-state index in [4.69, 9.17) is 15.3 Å². The Bertz CT molecular complexity index is 73.7. The van der Waals surface area contributed by atoms with Crippen molar-refractivity contribution in [2.75, 3.05) is 6.61 Å². The average molecular weight is 146 g/mol. The quantitative estimate of drug-likeness (QED) is 0.395. The fraction of sp³-hybridized carbons (Fsp3) is 0.667. The molecule has 0 unspecified atom stereocenters. The van der Waals surface area contributed by atoms with Crippen molar-refractivity contribution in [3.63, 3.8) is 0 Å². The maximum atomic E-state index is 9.52. The van der Waals surface area contributed by atoms with E-state index >= 15 is 0 Å². The number of rotatable bonds is 2. The predicted molar refractivity (Wildman–Crippen MR) is 26.5 cm³/mol. The molecule has 0 amide bonds. The molecule has 1 atom stereocenters. The molecule has 0 aliphatic heterocycles. The molecule has 0 rings (SSSR count). The Morgan fingerprint density at radius 1 is 1.62 bits per heavy atom. The van der Waals surface area contributed by atoms with Gasteiger partial charge in [0, 0.05) is 37.7 Å². The summed E-state index contributed by atoms with van der Waals surface area (Å²) in [6.45, 7) is -0.727. The van der Waals surface area contributed by atoms with Crippen LogP contribution in [0.5, 0.6) is 0 Å². The molecule has 0 aliphatic rings. The van der Waals surface area contributed by atoms with Crippen LogP contribution in [0.15, 0.2) is 0 Å². The van der Waals surface area contributed by atoms with Gasteiger partial charge in [-0.15, -0.1) is 0 Å². The van der Waals surface area contributed by atoms with Gasteiger partial charge in [0.25, 0.3) is 0 Å². The molecule has 2 radical (unpaired) electrons. The van der Waals surface area contributed by atoms with Gasteiger partial charge in [-0.25, -0.2) is 4.79 Å². The van der Waals surface area contributed by atoms with E-state index < -0.39 is 18.7 Å². The smallest absolute Gasteiger partial charge is 0.334 e. The normalized spacial score (nSPS) is 11.8. The van der Waals surface area contributed by atoms with Crippen molar-refractivity contribution in [3.8, 4) is 0 Å². The van der Waals surface area contributed by atoms with E-state index in [1.54, 1.807) is 0 Å². The number of hydrogen-bond acceptors (Lipinski definition) is 3. The van der Waals surface area contributed by atoms with Crippen LogP contribution in [0.4, 0.5) is 0 Å². The van der Waals surface area contributed by atoms with Gasteiger partial charge in [-0.05, 0) is 0 Å². The number of carbonyl (C=O) groups is 1. The Balaban J connectivity index is 0. The Morgan fingerprint density at radius 2 is 2.00 bits per heavy atom. The first-order chi connectivity index (χ1) is 3.18. The first kappa shape index (κ1) is 11.4. The molecule has 8 heavy (non-hydrogen) atoms. The van der Waals surface area contributed by atoms with Gasteiger partial charge in [-0.3, -0.25) is 0 Å². The molecule has 44 valence electrons. The van der Waals surface area contributed by atoms with Crippen molar-refractivity contribution in [1.29, 1.82) is 0 Å². The monoisotopic (exact) mass is 146 g/mol. The third-order valence-corrected chi connectivity index (χ3v) is 0.458. The Morgan fingerprint density at radius 3 is 2.00 bits per heavy atom. The fourth-order valence-corrected chi connectivity index (χ4v) is 0.0781. The molecular weight excluding hydrogens is 140 g/mol. The Kier molecular flexibility index (Phi) is 8.27. The number of aliphatic hydroxyl groups excluding tert-OH is 2. The van der Waals surface area contributed by atoms with Crippen LogP contribution in [0.25, 0.3) is 0 Å². The molecule has 0 fully saturated rings. The molecule has 0 aliphatic carbocycles. The zero-order chi connectivity index (χ0) is 5.86. The maximum Gasteiger partial charge on any atom is 0.334 e. The van der Waals surface area contributed by atoms with E-state index in [-0.39, 0.29) is 37.7 Å². The van der Waals surface area contributed by atoms with E-state index in [9.17, 15) is 4.79 Å². The molecule has 0 saturated carbocycles. The van der Waals surface area contributed by atoms with Crippen molar-refractivity contribution in [3.05, 3.63) is 0 Å². The standard InChI is InChI=1S/C3H6O4.Ca/c4-1-2(5)3(6)7;/h2,4-5H,1H2,(H,6,7);/t2-;/m0./s1. The van der Waals surface area contributed by atoms with Gasteiger partial charge >= 0.3 is 5.97 Å². The minimum absolute atomic E-state index is 0. The van der Waals surface area contributed by atoms with Crippen LogP contribution >= 0.6 is 0 Å². The van der Waals surface area contributed by atoms with Crippen molar-refractivity contribution in [2.24, 2.45) is 0 Å². The minimum atomic E-state index is -1.63. The molecular formula is C3H6CaO4. The van der Waals surface area contributed by atoms with E-state index in [1.807, 2.05) is 0 Å². The fourth-order valence-electron chi connectivity index (χ4n) is 0.0781. The van der Waals surface area contributed by atoms with Crippen molar-refractivity contribution in [1.82, 2.24) is 0 Å². The maximum absolute atomic E-state index is 9.52. The molecule has 0 aromatic rings. The molecule has 3 N–H and O–H groups in total. The van der Waals surface area contributed by atoms with Crippen LogP contribution in [-0.2, 0) is 4.79 Å². The van der Waals surface area contributed by atoms with Crippen LogP contribution in [-0.4, -0.2) is 71.7 Å². The molecule has 5 heteroatoms. The zero-order valence-corrected chi connectivity index (χ0v) is 6.45. The summed E-state index contributed by atoms with van der Waals surface area (Å²) in [6, 6.07) is 0. The molecule has 4 nitrogen and oxygen atoms in total. The van der Waals surface area contributed by atoms with Gasteiger partial charge in [-0.1, -0.05) is 0 Å². The van der Waals surface area contributed by atoms with Crippen LogP contribution in [0.3, 0.4) is 0 Å². The second-order valence-corrected chi connectivity index (χ2v) is 1.04. The van der Waals surface area contributed by atoms with Gasteiger partial charge in [0.1, 0.15) is 0 Å². The molecule has 0 saturated heterocycles. The summed E-state index contributed by atoms with van der Waals surface area (Å²) in [5.74, 6) is -1.40. The second-order valence-electron chi connectivity index (χ2n) is 1.04. The SMILES string of the molecule is O=C(O)[C@@H](O)CO.[Ca]. The van der Waals surface area contributed by atoms with Gasteiger partial charge in [0.15, 0.2) is 6.10 Å². The number of aliphatic carboxylic acids is 1. The van der Waals surface area contributed by atoms with E-state index in [0.717, 1.165) is 0 Å². The summed E-state index contributed by atoms with van der Waals surface area (Å²) < 4.78 is 0. The number of hydrogen-bond donors (Lipinski definition) is 3. The topological polar surface area (TPSA) is 77.8 Å². The largest absolute Gasteiger partial charge is 0.479 e. The zero-order valence-electron chi connectivity index (χ0n) is 4.24. The summed E-state index contributed by atoms with van der Waals surface area (Å²) in [5.41, 5.74) is 0. The van der Waals surface area contributed by atoms with Crippen LogP contribution < -0.4 is 0 Å². The van der Waals surface area contributed by atoms with Gasteiger partial charge in [0.2, 0.25) is 0 Å². The van der Waals surface area contributed by atoms with E-state index in [2.05, 4.69) is 0 Å². The summed E-state index contributed by atoms with van der Waals surface area (Å²) >= 11 is 0. The third-order valence-electron chi connectivity index (χ3n) is 0.458. The summed E-state index contributed by atoms with van der Waals surface area (Å²) in [4.78, 5) is 9.52. The van der Waals surface area contributed by atoms with Crippen molar-refractivity contribution < 1.29 is 20.1 Å². The van der Waals surface area contributed by atoms with Crippen LogP contribution in [0.1, 0.15) is 0 Å². The Labute approximate surface area is 76.1 Å². The first-order valence-electron chi connectivity index (χ1n) is 1.70. The number of carboxylic acid groups (broad SMARTS) is 1. The van der Waals surface area contributed by atoms with E-state index in [1.165, 1.54) is 0 Å². The second kappa shape index (κ2) is 5.78. The summed E-state index contributed by atoms with van der Waals surface area (Å²) in [5, 5.41) is 23.7. The molecule has 0 aromatic carbocycles. The van der Waals surface area contributed by atoms with Gasteiger partial charge < -0.3 is 15.3 Å². The van der Waals surface area contributed by atoms with Crippen LogP contribution in [0.2, 0.25) is 0 Å². The Hall–Kier alpha value is 0.650. The predicted octanol–water partition coefficient (Wildman–Crippen LogP) is -1.96. The summed E-state index contributed by atoms with van der Waals surface area (Å²) in [6.07, 6.45) is -1.63. The molecule has 0 heterocycles. The molecule has 0 spiro atoms. The van der Waals surface area contributed by atoms with Crippen molar-refractivity contribution in [2.45, 2.75) is 6.10 Å². The average Bonchev–Trinajstić information content (AvgIpc) is 1.65. The number of carboxylic acids is 1. The molecule has 0 aromatic heterocycles. The molecule has 0 bridgehead atoms. The number of aliphatic hydroxyl groups is 2. The van der Waals surface area contributed by atoms with Crippen molar-refractivity contribution >= 4 is 43.7 Å². The van der Waals surface area contributed by atoms with Crippen LogP contribution in [0, 0.1) is 0 Å². The first-order valence-corrected chi connectivity index (χ1v) is 1.70. The summed E-state index contributed by atoms with van der Waals surface area (Å²) in [7, 11) is 0. The van der Waals surface area contributed by atoms with Gasteiger partial charge in [0.05, 0.1) is 6.61 Å².